The van der Waals surface area contributed by atoms with Crippen molar-refractivity contribution in [3.63, 3.8) is 0 Å². The Hall–Kier alpha value is -0.790. The Labute approximate surface area is 137 Å². The maximum Gasteiger partial charge on any atom is 0.194 e. The van der Waals surface area contributed by atoms with Crippen molar-refractivity contribution in [2.45, 2.75) is 65.0 Å². The molecule has 3 N–H and O–H groups in total. The first-order chi connectivity index (χ1) is 9.19. The van der Waals surface area contributed by atoms with E-state index in [4.69, 9.17) is 10.2 Å². The average molecular weight is 392 g/mol. The largest absolute Gasteiger partial charge is 0.443 e. The van der Waals surface area contributed by atoms with Gasteiger partial charge in [-0.1, -0.05) is 26.2 Å². The molecule has 1 aromatic heterocycles. The summed E-state index contributed by atoms with van der Waals surface area (Å²) < 4.78 is 5.60. The van der Waals surface area contributed by atoms with Gasteiger partial charge in [-0.15, -0.1) is 24.0 Å². The summed E-state index contributed by atoms with van der Waals surface area (Å²) >= 11 is 0. The molecule has 6 heteroatoms. The van der Waals surface area contributed by atoms with Gasteiger partial charge in [0.05, 0.1) is 5.69 Å². The average Bonchev–Trinajstić information content (AvgIpc) is 2.78. The first-order valence-electron chi connectivity index (χ1n) is 7.20. The standard InChI is InChI=1S/C14H24N4O.HI/c1-3-13-17-10(2)12(19-13)9-16-14(15)18-11-7-5-4-6-8-11;/h11H,3-9H2,1-2H3,(H3,15,16,18);1H. The van der Waals surface area contributed by atoms with Gasteiger partial charge in [-0.3, -0.25) is 0 Å². The number of hydrogen-bond acceptors (Lipinski definition) is 3. The van der Waals surface area contributed by atoms with E-state index < -0.39 is 0 Å². The third-order valence-corrected chi connectivity index (χ3v) is 3.59. The van der Waals surface area contributed by atoms with Gasteiger partial charge in [0.1, 0.15) is 12.3 Å². The Balaban J connectivity index is 0.00000200. The Morgan fingerprint density at radius 1 is 1.40 bits per heavy atom. The van der Waals surface area contributed by atoms with E-state index in [-0.39, 0.29) is 24.0 Å². The van der Waals surface area contributed by atoms with Gasteiger partial charge in [0.15, 0.2) is 11.9 Å². The second-order valence-corrected chi connectivity index (χ2v) is 5.15. The Kier molecular flexibility index (Phi) is 7.32. The van der Waals surface area contributed by atoms with E-state index in [0.717, 1.165) is 23.8 Å². The lowest BCUT2D eigenvalue weighted by Crippen LogP contribution is -2.41. The van der Waals surface area contributed by atoms with Gasteiger partial charge in [-0.05, 0) is 19.8 Å². The molecule has 0 aliphatic heterocycles. The van der Waals surface area contributed by atoms with Crippen molar-refractivity contribution in [2.75, 3.05) is 0 Å². The first-order valence-corrected chi connectivity index (χ1v) is 7.20. The van der Waals surface area contributed by atoms with Crippen molar-refractivity contribution in [3.05, 3.63) is 17.3 Å². The fraction of sp³-hybridized carbons (Fsp3) is 0.714. The molecule has 1 aromatic rings. The zero-order valence-corrected chi connectivity index (χ0v) is 14.6. The highest BCUT2D eigenvalue weighted by atomic mass is 127. The van der Waals surface area contributed by atoms with Crippen LogP contribution in [0.5, 0.6) is 0 Å². The number of nitrogens with two attached hydrogens (primary N) is 1. The van der Waals surface area contributed by atoms with Crippen LogP contribution in [0.4, 0.5) is 0 Å². The van der Waals surface area contributed by atoms with E-state index in [0.29, 0.717) is 18.5 Å². The van der Waals surface area contributed by atoms with Crippen LogP contribution >= 0.6 is 24.0 Å². The van der Waals surface area contributed by atoms with Crippen LogP contribution in [0.2, 0.25) is 0 Å². The number of oxazole rings is 1. The van der Waals surface area contributed by atoms with Crippen LogP contribution in [0, 0.1) is 6.92 Å². The molecule has 1 aliphatic carbocycles. The van der Waals surface area contributed by atoms with Gasteiger partial charge in [-0.2, -0.15) is 0 Å². The maximum atomic E-state index is 5.92. The minimum absolute atomic E-state index is 0. The van der Waals surface area contributed by atoms with Gasteiger partial charge in [0.2, 0.25) is 0 Å². The molecule has 1 fully saturated rings. The highest BCUT2D eigenvalue weighted by molar-refractivity contribution is 14.0. The number of aromatic nitrogens is 1. The molecular weight excluding hydrogens is 367 g/mol. The van der Waals surface area contributed by atoms with Crippen molar-refractivity contribution in [3.8, 4) is 0 Å². The quantitative estimate of drug-likeness (QED) is 0.469. The second-order valence-electron chi connectivity index (χ2n) is 5.15. The van der Waals surface area contributed by atoms with E-state index in [1.807, 2.05) is 13.8 Å². The zero-order valence-electron chi connectivity index (χ0n) is 12.3. The van der Waals surface area contributed by atoms with E-state index in [2.05, 4.69) is 15.3 Å². The number of aliphatic imine (C=N–C) groups is 1. The molecule has 2 rings (SSSR count). The summed E-state index contributed by atoms with van der Waals surface area (Å²) in [5, 5.41) is 3.30. The van der Waals surface area contributed by atoms with Gasteiger partial charge in [-0.25, -0.2) is 9.98 Å². The molecule has 0 amide bonds. The van der Waals surface area contributed by atoms with E-state index in [1.165, 1.54) is 32.1 Å². The Bertz CT molecular complexity index is 438. The van der Waals surface area contributed by atoms with Crippen LogP contribution in [0.25, 0.3) is 0 Å². The van der Waals surface area contributed by atoms with E-state index >= 15 is 0 Å². The van der Waals surface area contributed by atoms with Crippen LogP contribution in [-0.2, 0) is 13.0 Å². The number of guanidine groups is 1. The number of nitrogens with one attached hydrogen (secondary N) is 1. The summed E-state index contributed by atoms with van der Waals surface area (Å²) in [6, 6.07) is 0.486. The summed E-state index contributed by atoms with van der Waals surface area (Å²) in [5.41, 5.74) is 6.83. The number of nitrogens with zero attached hydrogens (tertiary/aromatic N) is 2. The molecule has 1 aliphatic rings. The summed E-state index contributed by atoms with van der Waals surface area (Å²) in [5.74, 6) is 2.09. The third kappa shape index (κ3) is 4.96. The monoisotopic (exact) mass is 392 g/mol. The van der Waals surface area contributed by atoms with Crippen LogP contribution in [0.15, 0.2) is 9.41 Å². The summed E-state index contributed by atoms with van der Waals surface area (Å²) in [6.07, 6.45) is 7.10. The molecule has 0 radical (unpaired) electrons. The number of hydrogen-bond donors (Lipinski definition) is 2. The van der Waals surface area contributed by atoms with Gasteiger partial charge in [0.25, 0.3) is 0 Å². The fourth-order valence-electron chi connectivity index (χ4n) is 2.44. The summed E-state index contributed by atoms with van der Waals surface area (Å²) in [6.45, 7) is 4.43. The van der Waals surface area contributed by atoms with Crippen LogP contribution in [-0.4, -0.2) is 17.0 Å². The molecule has 114 valence electrons. The summed E-state index contributed by atoms with van der Waals surface area (Å²) in [4.78, 5) is 8.67. The van der Waals surface area contributed by atoms with E-state index in [9.17, 15) is 0 Å². The fourth-order valence-corrected chi connectivity index (χ4v) is 2.44. The van der Waals surface area contributed by atoms with Crippen molar-refractivity contribution in [1.82, 2.24) is 10.3 Å². The van der Waals surface area contributed by atoms with Gasteiger partial charge < -0.3 is 15.5 Å². The predicted octanol–water partition coefficient (Wildman–Crippen LogP) is 2.90. The second kappa shape index (κ2) is 8.49. The number of aryl methyl sites for hydroxylation is 2. The Morgan fingerprint density at radius 3 is 2.70 bits per heavy atom. The highest BCUT2D eigenvalue weighted by Gasteiger charge is 2.13. The Morgan fingerprint density at radius 2 is 2.10 bits per heavy atom. The zero-order chi connectivity index (χ0) is 13.7. The smallest absolute Gasteiger partial charge is 0.194 e. The minimum atomic E-state index is 0. The summed E-state index contributed by atoms with van der Waals surface area (Å²) in [7, 11) is 0. The molecule has 0 bridgehead atoms. The van der Waals surface area contributed by atoms with Crippen LogP contribution in [0.3, 0.4) is 0 Å². The predicted molar refractivity (Wildman–Crippen MR) is 91.4 cm³/mol. The molecule has 1 heterocycles. The molecule has 5 nitrogen and oxygen atoms in total. The molecule has 0 atom stereocenters. The molecular formula is C14H25IN4O. The van der Waals surface area contributed by atoms with Crippen molar-refractivity contribution < 1.29 is 4.42 Å². The molecule has 0 saturated heterocycles. The van der Waals surface area contributed by atoms with E-state index in [1.54, 1.807) is 0 Å². The van der Waals surface area contributed by atoms with Gasteiger partial charge >= 0.3 is 0 Å². The molecule has 0 spiro atoms. The minimum Gasteiger partial charge on any atom is -0.443 e. The van der Waals surface area contributed by atoms with Crippen molar-refractivity contribution in [2.24, 2.45) is 10.7 Å². The van der Waals surface area contributed by atoms with Crippen LogP contribution < -0.4 is 11.1 Å². The third-order valence-electron chi connectivity index (χ3n) is 3.59. The van der Waals surface area contributed by atoms with Crippen LogP contribution in [0.1, 0.15) is 56.4 Å². The van der Waals surface area contributed by atoms with Crippen molar-refractivity contribution >= 4 is 29.9 Å². The van der Waals surface area contributed by atoms with Crippen molar-refractivity contribution in [1.29, 1.82) is 0 Å². The lowest BCUT2D eigenvalue weighted by molar-refractivity contribution is 0.411. The maximum absolute atomic E-state index is 5.92. The number of rotatable bonds is 4. The SMILES string of the molecule is CCc1nc(C)c(CN=C(N)NC2CCCCC2)o1.I. The molecule has 20 heavy (non-hydrogen) atoms. The van der Waals surface area contributed by atoms with Gasteiger partial charge in [0, 0.05) is 12.5 Å². The number of halogens is 1. The topological polar surface area (TPSA) is 76.4 Å². The highest BCUT2D eigenvalue weighted by Crippen LogP contribution is 2.17. The lowest BCUT2D eigenvalue weighted by Gasteiger charge is -2.23. The lowest BCUT2D eigenvalue weighted by atomic mass is 9.96. The first kappa shape index (κ1) is 17.3. The normalized spacial score (nSPS) is 16.8. The molecule has 1 saturated carbocycles. The molecule has 0 aromatic carbocycles. The molecule has 0 unspecified atom stereocenters.